The van der Waals surface area contributed by atoms with Gasteiger partial charge in [-0.2, -0.15) is 5.10 Å². The number of hydrogen-bond donors (Lipinski definition) is 2. The minimum Gasteiger partial charge on any atom is -0.480 e. The molecular formula is C18H22N4O4. The molecule has 0 saturated heterocycles. The smallest absolute Gasteiger partial charge is 0.326 e. The van der Waals surface area contributed by atoms with Gasteiger partial charge in [-0.3, -0.25) is 9.59 Å². The highest BCUT2D eigenvalue weighted by atomic mass is 16.4. The van der Waals surface area contributed by atoms with E-state index in [-0.39, 0.29) is 24.6 Å². The first-order valence-corrected chi connectivity index (χ1v) is 8.20. The maximum atomic E-state index is 12.8. The largest absolute Gasteiger partial charge is 0.480 e. The Morgan fingerprint density at radius 1 is 1.31 bits per heavy atom. The van der Waals surface area contributed by atoms with E-state index in [1.807, 2.05) is 31.2 Å². The van der Waals surface area contributed by atoms with E-state index in [4.69, 9.17) is 0 Å². The molecule has 2 aromatic rings. The van der Waals surface area contributed by atoms with Crippen molar-refractivity contribution in [3.63, 3.8) is 0 Å². The Morgan fingerprint density at radius 2 is 2.00 bits per heavy atom. The van der Waals surface area contributed by atoms with E-state index < -0.39 is 17.9 Å². The van der Waals surface area contributed by atoms with Crippen LogP contribution in [0.1, 0.15) is 29.8 Å². The molecule has 138 valence electrons. The Balaban J connectivity index is 2.23. The van der Waals surface area contributed by atoms with E-state index in [1.54, 1.807) is 10.9 Å². The summed E-state index contributed by atoms with van der Waals surface area (Å²) in [6.45, 7) is 4.98. The van der Waals surface area contributed by atoms with Gasteiger partial charge in [0, 0.05) is 26.2 Å². The number of hydrogen-bond acceptors (Lipinski definition) is 4. The molecule has 26 heavy (non-hydrogen) atoms. The second kappa shape index (κ2) is 8.28. The highest BCUT2D eigenvalue weighted by molar-refractivity contribution is 5.96. The second-order valence-corrected chi connectivity index (χ2v) is 5.96. The lowest BCUT2D eigenvalue weighted by atomic mass is 10.2. The third kappa shape index (κ3) is 4.47. The van der Waals surface area contributed by atoms with Gasteiger partial charge in [0.2, 0.25) is 5.91 Å². The van der Waals surface area contributed by atoms with Crippen molar-refractivity contribution >= 4 is 17.8 Å². The standard InChI is InChI=1S/C18H22N4O4/c1-12-6-4-5-7-16(12)22-11-15(10-20-22)17(24)21(13(2)18(25)26)9-8-19-14(3)23/h4-7,10-11,13H,8-9H2,1-3H3,(H,19,23)(H,25,26). The number of nitrogens with zero attached hydrogens (tertiary/aromatic N) is 3. The van der Waals surface area contributed by atoms with Crippen molar-refractivity contribution in [2.75, 3.05) is 13.1 Å². The number of aromatic nitrogens is 2. The van der Waals surface area contributed by atoms with Crippen LogP contribution in [-0.2, 0) is 9.59 Å². The zero-order valence-corrected chi connectivity index (χ0v) is 15.0. The van der Waals surface area contributed by atoms with Gasteiger partial charge in [0.15, 0.2) is 0 Å². The van der Waals surface area contributed by atoms with Crippen LogP contribution >= 0.6 is 0 Å². The summed E-state index contributed by atoms with van der Waals surface area (Å²) in [6, 6.07) is 6.57. The molecule has 2 amide bonds. The number of para-hydroxylation sites is 1. The van der Waals surface area contributed by atoms with Crippen molar-refractivity contribution in [2.45, 2.75) is 26.8 Å². The molecule has 2 rings (SSSR count). The van der Waals surface area contributed by atoms with Crippen LogP contribution in [0.3, 0.4) is 0 Å². The van der Waals surface area contributed by atoms with Crippen LogP contribution in [0, 0.1) is 6.92 Å². The number of amides is 2. The normalized spacial score (nSPS) is 11.7. The van der Waals surface area contributed by atoms with Crippen molar-refractivity contribution in [3.05, 3.63) is 47.8 Å². The first-order chi connectivity index (χ1) is 12.3. The molecule has 2 N–H and O–H groups in total. The summed E-state index contributed by atoms with van der Waals surface area (Å²) >= 11 is 0. The van der Waals surface area contributed by atoms with Gasteiger partial charge >= 0.3 is 5.97 Å². The zero-order chi connectivity index (χ0) is 19.3. The predicted octanol–water partition coefficient (Wildman–Crippen LogP) is 1.23. The number of carbonyl (C=O) groups is 3. The molecule has 1 heterocycles. The summed E-state index contributed by atoms with van der Waals surface area (Å²) in [4.78, 5) is 36.4. The molecule has 1 atom stereocenters. The summed E-state index contributed by atoms with van der Waals surface area (Å²) < 4.78 is 1.58. The average Bonchev–Trinajstić information content (AvgIpc) is 3.07. The highest BCUT2D eigenvalue weighted by Crippen LogP contribution is 2.15. The van der Waals surface area contributed by atoms with Crippen LogP contribution < -0.4 is 5.32 Å². The van der Waals surface area contributed by atoms with Crippen LogP contribution in [0.5, 0.6) is 0 Å². The maximum Gasteiger partial charge on any atom is 0.326 e. The molecule has 0 aliphatic heterocycles. The van der Waals surface area contributed by atoms with Gasteiger partial charge in [-0.05, 0) is 25.5 Å². The quantitative estimate of drug-likeness (QED) is 0.775. The van der Waals surface area contributed by atoms with E-state index in [1.165, 1.54) is 24.9 Å². The van der Waals surface area contributed by atoms with Crippen molar-refractivity contribution in [1.82, 2.24) is 20.0 Å². The van der Waals surface area contributed by atoms with Gasteiger partial charge in [0.25, 0.3) is 5.91 Å². The molecule has 0 aliphatic carbocycles. The van der Waals surface area contributed by atoms with E-state index in [9.17, 15) is 19.5 Å². The summed E-state index contributed by atoms with van der Waals surface area (Å²) in [5.74, 6) is -1.81. The maximum absolute atomic E-state index is 12.8. The SMILES string of the molecule is CC(=O)NCCN(C(=O)c1cnn(-c2ccccc2C)c1)C(C)C(=O)O. The second-order valence-electron chi connectivity index (χ2n) is 5.96. The minimum absolute atomic E-state index is 0.0847. The molecule has 0 spiro atoms. The van der Waals surface area contributed by atoms with E-state index >= 15 is 0 Å². The van der Waals surface area contributed by atoms with Gasteiger partial charge in [0.1, 0.15) is 6.04 Å². The highest BCUT2D eigenvalue weighted by Gasteiger charge is 2.27. The fraction of sp³-hybridized carbons (Fsp3) is 0.333. The Hall–Kier alpha value is -3.16. The van der Waals surface area contributed by atoms with E-state index in [0.29, 0.717) is 0 Å². The predicted molar refractivity (Wildman–Crippen MR) is 95.1 cm³/mol. The molecule has 8 heteroatoms. The van der Waals surface area contributed by atoms with Gasteiger partial charge in [0.05, 0.1) is 17.4 Å². The molecule has 0 radical (unpaired) electrons. The molecule has 0 bridgehead atoms. The molecular weight excluding hydrogens is 336 g/mol. The van der Waals surface area contributed by atoms with Crippen molar-refractivity contribution < 1.29 is 19.5 Å². The van der Waals surface area contributed by atoms with Gasteiger partial charge < -0.3 is 15.3 Å². The van der Waals surface area contributed by atoms with Crippen LogP contribution in [0.2, 0.25) is 0 Å². The number of aliphatic carboxylic acids is 1. The lowest BCUT2D eigenvalue weighted by molar-refractivity contribution is -0.141. The molecule has 1 unspecified atom stereocenters. The summed E-state index contributed by atoms with van der Waals surface area (Å²) in [6.07, 6.45) is 2.99. The number of carbonyl (C=O) groups excluding carboxylic acids is 2. The number of nitrogens with one attached hydrogen (secondary N) is 1. The average molecular weight is 358 g/mol. The minimum atomic E-state index is -1.12. The first kappa shape index (κ1) is 19.2. The van der Waals surface area contributed by atoms with Crippen molar-refractivity contribution in [2.24, 2.45) is 0 Å². The van der Waals surface area contributed by atoms with Crippen molar-refractivity contribution in [3.8, 4) is 5.69 Å². The molecule has 8 nitrogen and oxygen atoms in total. The Bertz CT molecular complexity index is 815. The van der Waals surface area contributed by atoms with Gasteiger partial charge in [-0.1, -0.05) is 18.2 Å². The number of rotatable bonds is 7. The Labute approximate surface area is 151 Å². The van der Waals surface area contributed by atoms with E-state index in [2.05, 4.69) is 10.4 Å². The van der Waals surface area contributed by atoms with Crippen molar-refractivity contribution in [1.29, 1.82) is 0 Å². The summed E-state index contributed by atoms with van der Waals surface area (Å²) in [7, 11) is 0. The fourth-order valence-electron chi connectivity index (χ4n) is 2.51. The topological polar surface area (TPSA) is 105 Å². The third-order valence-corrected chi connectivity index (χ3v) is 4.00. The number of benzene rings is 1. The monoisotopic (exact) mass is 358 g/mol. The lowest BCUT2D eigenvalue weighted by Gasteiger charge is -2.26. The third-order valence-electron chi connectivity index (χ3n) is 4.00. The molecule has 1 aromatic carbocycles. The van der Waals surface area contributed by atoms with Gasteiger partial charge in [-0.15, -0.1) is 0 Å². The zero-order valence-electron chi connectivity index (χ0n) is 15.0. The van der Waals surface area contributed by atoms with Crippen LogP contribution in [-0.4, -0.2) is 56.7 Å². The summed E-state index contributed by atoms with van der Waals surface area (Å²) in [5.41, 5.74) is 2.11. The number of aryl methyl sites for hydroxylation is 1. The van der Waals surface area contributed by atoms with Crippen LogP contribution in [0.15, 0.2) is 36.7 Å². The van der Waals surface area contributed by atoms with Crippen LogP contribution in [0.4, 0.5) is 0 Å². The lowest BCUT2D eigenvalue weighted by Crippen LogP contribution is -2.46. The Kier molecular flexibility index (Phi) is 6.11. The Morgan fingerprint density at radius 3 is 2.62 bits per heavy atom. The molecule has 1 aromatic heterocycles. The van der Waals surface area contributed by atoms with E-state index in [0.717, 1.165) is 11.3 Å². The van der Waals surface area contributed by atoms with Gasteiger partial charge in [-0.25, -0.2) is 9.48 Å². The molecule has 0 saturated carbocycles. The molecule has 0 aliphatic rings. The number of carboxylic acid groups (broad SMARTS) is 1. The summed E-state index contributed by atoms with van der Waals surface area (Å²) in [5, 5.41) is 16.1. The number of carboxylic acids is 1. The van der Waals surface area contributed by atoms with Crippen LogP contribution in [0.25, 0.3) is 5.69 Å². The fourth-order valence-corrected chi connectivity index (χ4v) is 2.51. The first-order valence-electron chi connectivity index (χ1n) is 8.20. The molecule has 0 fully saturated rings.